The Labute approximate surface area is 147 Å². The van der Waals surface area contributed by atoms with E-state index in [1.54, 1.807) is 4.90 Å². The van der Waals surface area contributed by atoms with Crippen molar-refractivity contribution in [1.29, 1.82) is 0 Å². The number of nitrogens with zero attached hydrogens (tertiary/aromatic N) is 2. The van der Waals surface area contributed by atoms with E-state index in [2.05, 4.69) is 15.5 Å². The van der Waals surface area contributed by atoms with E-state index in [9.17, 15) is 9.59 Å². The fourth-order valence-corrected chi connectivity index (χ4v) is 3.99. The number of benzene rings is 1. The molecule has 1 aliphatic heterocycles. The van der Waals surface area contributed by atoms with Crippen molar-refractivity contribution in [2.24, 2.45) is 5.92 Å². The Morgan fingerprint density at radius 3 is 2.72 bits per heavy atom. The maximum atomic E-state index is 12.6. The summed E-state index contributed by atoms with van der Waals surface area (Å²) in [6.07, 6.45) is 7.25. The van der Waals surface area contributed by atoms with Crippen LogP contribution in [0.1, 0.15) is 44.9 Å². The molecule has 2 aliphatic rings. The number of anilines is 1. The summed E-state index contributed by atoms with van der Waals surface area (Å²) in [7, 11) is 0. The zero-order valence-electron chi connectivity index (χ0n) is 14.3. The molecule has 2 N–H and O–H groups in total. The number of fused-ring (bicyclic) bond motifs is 1. The Balaban J connectivity index is 1.45. The Hall–Kier alpha value is -2.37. The highest BCUT2D eigenvalue weighted by molar-refractivity contribution is 6.05. The summed E-state index contributed by atoms with van der Waals surface area (Å²) in [6, 6.07) is 8.01. The molecule has 25 heavy (non-hydrogen) atoms. The molecule has 1 aromatic carbocycles. The predicted molar refractivity (Wildman–Crippen MR) is 96.2 cm³/mol. The summed E-state index contributed by atoms with van der Waals surface area (Å²) < 4.78 is 0. The van der Waals surface area contributed by atoms with Crippen molar-refractivity contribution in [3.63, 3.8) is 0 Å². The number of amides is 2. The van der Waals surface area contributed by atoms with E-state index < -0.39 is 0 Å². The molecule has 1 aliphatic carbocycles. The number of aromatic nitrogens is 2. The smallest absolute Gasteiger partial charge is 0.229 e. The van der Waals surface area contributed by atoms with E-state index >= 15 is 0 Å². The first-order valence-corrected chi connectivity index (χ1v) is 9.26. The second-order valence-corrected chi connectivity index (χ2v) is 7.20. The van der Waals surface area contributed by atoms with Crippen LogP contribution < -0.4 is 10.2 Å². The lowest BCUT2D eigenvalue weighted by Crippen LogP contribution is -2.39. The Bertz CT molecular complexity index is 777. The number of H-pyrrole nitrogens is 1. The van der Waals surface area contributed by atoms with Crippen LogP contribution in [0.25, 0.3) is 10.9 Å². The molecule has 0 spiro atoms. The second-order valence-electron chi connectivity index (χ2n) is 7.20. The molecule has 1 aromatic heterocycles. The molecule has 6 nitrogen and oxygen atoms in total. The van der Waals surface area contributed by atoms with Crippen LogP contribution in [0.3, 0.4) is 0 Å². The number of carbonyl (C=O) groups excluding carboxylic acids is 2. The molecule has 2 amide bonds. The summed E-state index contributed by atoms with van der Waals surface area (Å²) in [5.41, 5.74) is 0.900. The lowest BCUT2D eigenvalue weighted by Gasteiger charge is -2.19. The first-order valence-electron chi connectivity index (χ1n) is 9.26. The highest BCUT2D eigenvalue weighted by Gasteiger charge is 2.37. The number of carbonyl (C=O) groups is 2. The largest absolute Gasteiger partial charge is 0.353 e. The topological polar surface area (TPSA) is 78.1 Å². The van der Waals surface area contributed by atoms with Crippen molar-refractivity contribution in [2.75, 3.05) is 11.4 Å². The van der Waals surface area contributed by atoms with E-state index in [0.29, 0.717) is 12.4 Å². The molecule has 0 radical (unpaired) electrons. The summed E-state index contributed by atoms with van der Waals surface area (Å²) in [4.78, 5) is 26.8. The highest BCUT2D eigenvalue weighted by Crippen LogP contribution is 2.30. The SMILES string of the molecule is O=C(NC1CCCCCC1)C1CC(=O)N(c2n[nH]c3ccccc23)C1. The Morgan fingerprint density at radius 1 is 1.16 bits per heavy atom. The van der Waals surface area contributed by atoms with Crippen LogP contribution in [0.4, 0.5) is 5.82 Å². The number of para-hydroxylation sites is 1. The van der Waals surface area contributed by atoms with E-state index in [-0.39, 0.29) is 30.2 Å². The number of hydrogen-bond donors (Lipinski definition) is 2. The molecule has 1 saturated carbocycles. The van der Waals surface area contributed by atoms with Crippen LogP contribution in [0.2, 0.25) is 0 Å². The van der Waals surface area contributed by atoms with Crippen LogP contribution in [0, 0.1) is 5.92 Å². The Morgan fingerprint density at radius 2 is 1.92 bits per heavy atom. The van der Waals surface area contributed by atoms with E-state index in [1.165, 1.54) is 25.7 Å². The molecule has 4 rings (SSSR count). The average molecular weight is 340 g/mol. The van der Waals surface area contributed by atoms with Crippen molar-refractivity contribution in [2.45, 2.75) is 51.0 Å². The number of hydrogen-bond acceptors (Lipinski definition) is 3. The number of aromatic amines is 1. The molecule has 1 unspecified atom stereocenters. The van der Waals surface area contributed by atoms with Gasteiger partial charge in [-0.25, -0.2) is 0 Å². The van der Waals surface area contributed by atoms with Gasteiger partial charge >= 0.3 is 0 Å². The molecule has 2 heterocycles. The molecule has 0 bridgehead atoms. The zero-order valence-corrected chi connectivity index (χ0v) is 14.3. The van der Waals surface area contributed by atoms with E-state index in [4.69, 9.17) is 0 Å². The van der Waals surface area contributed by atoms with Crippen LogP contribution in [-0.4, -0.2) is 34.6 Å². The summed E-state index contributed by atoms with van der Waals surface area (Å²) in [5, 5.41) is 11.4. The van der Waals surface area contributed by atoms with Crippen LogP contribution in [-0.2, 0) is 9.59 Å². The van der Waals surface area contributed by atoms with Gasteiger partial charge in [0.15, 0.2) is 5.82 Å². The predicted octanol–water partition coefficient (Wildman–Crippen LogP) is 2.75. The van der Waals surface area contributed by atoms with Crippen LogP contribution >= 0.6 is 0 Å². The minimum Gasteiger partial charge on any atom is -0.353 e. The third kappa shape index (κ3) is 3.25. The fourth-order valence-electron chi connectivity index (χ4n) is 3.99. The molecule has 6 heteroatoms. The maximum Gasteiger partial charge on any atom is 0.229 e. The first-order chi connectivity index (χ1) is 12.2. The molecule has 2 aromatic rings. The minimum atomic E-state index is -0.286. The Kier molecular flexibility index (Phi) is 4.42. The van der Waals surface area contributed by atoms with Crippen molar-refractivity contribution in [1.82, 2.24) is 15.5 Å². The lowest BCUT2D eigenvalue weighted by atomic mass is 10.0. The van der Waals surface area contributed by atoms with E-state index in [1.807, 2.05) is 24.3 Å². The quantitative estimate of drug-likeness (QED) is 0.843. The third-order valence-corrected chi connectivity index (χ3v) is 5.40. The summed E-state index contributed by atoms with van der Waals surface area (Å²) in [5.74, 6) is 0.331. The van der Waals surface area contributed by atoms with Gasteiger partial charge in [0, 0.05) is 24.4 Å². The van der Waals surface area contributed by atoms with Crippen LogP contribution in [0.15, 0.2) is 24.3 Å². The van der Waals surface area contributed by atoms with Gasteiger partial charge < -0.3 is 5.32 Å². The van der Waals surface area contributed by atoms with Gasteiger partial charge in [-0.05, 0) is 25.0 Å². The van der Waals surface area contributed by atoms with Gasteiger partial charge in [-0.1, -0.05) is 37.8 Å². The van der Waals surface area contributed by atoms with Gasteiger partial charge in [-0.15, -0.1) is 0 Å². The molecular formula is C19H24N4O2. The molecule has 2 fully saturated rings. The highest BCUT2D eigenvalue weighted by atomic mass is 16.2. The maximum absolute atomic E-state index is 12.6. The standard InChI is InChI=1S/C19H24N4O2/c24-17-11-13(19(25)20-14-7-3-1-2-4-8-14)12-23(17)18-15-9-5-6-10-16(15)21-22-18/h5-6,9-10,13-14H,1-4,7-8,11-12H2,(H,20,25)(H,21,22). The van der Waals surface area contributed by atoms with Crippen molar-refractivity contribution < 1.29 is 9.59 Å². The summed E-state index contributed by atoms with van der Waals surface area (Å²) >= 11 is 0. The van der Waals surface area contributed by atoms with Crippen molar-refractivity contribution >= 4 is 28.5 Å². The number of rotatable bonds is 3. The molecule has 1 saturated heterocycles. The van der Waals surface area contributed by atoms with Gasteiger partial charge in [-0.2, -0.15) is 5.10 Å². The number of nitrogens with one attached hydrogen (secondary N) is 2. The zero-order chi connectivity index (χ0) is 17.2. The summed E-state index contributed by atoms with van der Waals surface area (Å²) in [6.45, 7) is 0.409. The normalized spacial score (nSPS) is 22.3. The van der Waals surface area contributed by atoms with Gasteiger partial charge in [0.1, 0.15) is 0 Å². The third-order valence-electron chi connectivity index (χ3n) is 5.40. The van der Waals surface area contributed by atoms with Crippen molar-refractivity contribution in [3.8, 4) is 0 Å². The van der Waals surface area contributed by atoms with Crippen LogP contribution in [0.5, 0.6) is 0 Å². The minimum absolute atomic E-state index is 0.0163. The fraction of sp³-hybridized carbons (Fsp3) is 0.526. The van der Waals surface area contributed by atoms with Gasteiger partial charge in [-0.3, -0.25) is 19.6 Å². The molecule has 132 valence electrons. The molecular weight excluding hydrogens is 316 g/mol. The second kappa shape index (κ2) is 6.86. The van der Waals surface area contributed by atoms with Gasteiger partial charge in [0.2, 0.25) is 11.8 Å². The molecule has 1 atom stereocenters. The lowest BCUT2D eigenvalue weighted by molar-refractivity contribution is -0.127. The van der Waals surface area contributed by atoms with Crippen molar-refractivity contribution in [3.05, 3.63) is 24.3 Å². The monoisotopic (exact) mass is 340 g/mol. The van der Waals surface area contributed by atoms with E-state index in [0.717, 1.165) is 23.7 Å². The average Bonchev–Trinajstić information content (AvgIpc) is 3.11. The van der Waals surface area contributed by atoms with Gasteiger partial charge in [0.05, 0.1) is 11.4 Å². The first kappa shape index (κ1) is 16.1. The van der Waals surface area contributed by atoms with Gasteiger partial charge in [0.25, 0.3) is 0 Å².